The molecule has 0 fully saturated rings. The predicted molar refractivity (Wildman–Crippen MR) is 52.0 cm³/mol. The van der Waals surface area contributed by atoms with Gasteiger partial charge in [-0.3, -0.25) is 9.52 Å². The van der Waals surface area contributed by atoms with Crippen LogP contribution in [0.3, 0.4) is 0 Å². The molecule has 0 saturated carbocycles. The van der Waals surface area contributed by atoms with Gasteiger partial charge in [0.2, 0.25) is 0 Å². The fourth-order valence-corrected chi connectivity index (χ4v) is 0.571. The number of carbonyl (C=O) groups excluding carboxylic acids is 1. The maximum atomic E-state index is 11.1. The molecule has 0 spiro atoms. The molecule has 0 saturated heterocycles. The van der Waals surface area contributed by atoms with Crippen molar-refractivity contribution in [3.8, 4) is 0 Å². The van der Waals surface area contributed by atoms with E-state index in [1.54, 1.807) is 6.92 Å². The van der Waals surface area contributed by atoms with Gasteiger partial charge in [-0.05, 0) is 12.3 Å². The van der Waals surface area contributed by atoms with Gasteiger partial charge in [-0.2, -0.15) is 0 Å². The third-order valence-corrected chi connectivity index (χ3v) is 1.58. The van der Waals surface area contributed by atoms with Crippen LogP contribution in [-0.4, -0.2) is 18.6 Å². The van der Waals surface area contributed by atoms with Crippen LogP contribution in [-0.2, 0) is 9.53 Å². The Morgan fingerprint density at radius 1 is 1.58 bits per heavy atom. The summed E-state index contributed by atoms with van der Waals surface area (Å²) in [5, 5.41) is 0. The van der Waals surface area contributed by atoms with Gasteiger partial charge >= 0.3 is 5.97 Å². The second-order valence-electron chi connectivity index (χ2n) is 4.02. The summed E-state index contributed by atoms with van der Waals surface area (Å²) >= 11 is 3.77. The first kappa shape index (κ1) is 11.8. The van der Waals surface area contributed by atoms with Crippen LogP contribution in [0.4, 0.5) is 0 Å². The van der Waals surface area contributed by atoms with Crippen LogP contribution in [0.25, 0.3) is 0 Å². The van der Waals surface area contributed by atoms with Crippen molar-refractivity contribution in [2.45, 2.75) is 33.7 Å². The highest BCUT2D eigenvalue weighted by Crippen LogP contribution is 2.13. The lowest BCUT2D eigenvalue weighted by Crippen LogP contribution is -2.31. The Labute approximate surface area is 79.4 Å². The van der Waals surface area contributed by atoms with E-state index in [2.05, 4.69) is 17.5 Å². The summed E-state index contributed by atoms with van der Waals surface area (Å²) in [6.07, 6.45) is 0. The SMILES string of the molecule is CC(NS)C(=O)OCC(C)(C)C. The molecule has 0 aliphatic heterocycles. The molecular weight excluding hydrogens is 174 g/mol. The maximum Gasteiger partial charge on any atom is 0.323 e. The number of nitrogens with one attached hydrogen (secondary N) is 1. The molecule has 0 aromatic rings. The number of esters is 1. The molecule has 1 atom stereocenters. The molecular formula is C8H17NO2S. The van der Waals surface area contributed by atoms with E-state index in [9.17, 15) is 4.79 Å². The summed E-state index contributed by atoms with van der Waals surface area (Å²) in [7, 11) is 0. The Morgan fingerprint density at radius 3 is 2.42 bits per heavy atom. The second kappa shape index (κ2) is 4.72. The topological polar surface area (TPSA) is 38.3 Å². The minimum atomic E-state index is -0.351. The Kier molecular flexibility index (Phi) is 4.63. The fraction of sp³-hybridized carbons (Fsp3) is 0.875. The molecule has 72 valence electrons. The van der Waals surface area contributed by atoms with E-state index in [0.29, 0.717) is 6.61 Å². The number of carbonyl (C=O) groups is 1. The number of thiol groups is 1. The molecule has 0 aliphatic rings. The molecule has 0 aliphatic carbocycles. The molecule has 0 heterocycles. The van der Waals surface area contributed by atoms with Gasteiger partial charge in [0.05, 0.1) is 6.61 Å². The van der Waals surface area contributed by atoms with Crippen LogP contribution in [0.1, 0.15) is 27.7 Å². The Bertz CT molecular complexity index is 154. The van der Waals surface area contributed by atoms with E-state index in [0.717, 1.165) is 0 Å². The van der Waals surface area contributed by atoms with E-state index in [1.807, 2.05) is 20.8 Å². The zero-order valence-corrected chi connectivity index (χ0v) is 8.94. The number of ether oxygens (including phenoxy) is 1. The van der Waals surface area contributed by atoms with Crippen LogP contribution in [0.15, 0.2) is 0 Å². The summed E-state index contributed by atoms with van der Waals surface area (Å²) in [5.41, 5.74) is 0.0198. The van der Waals surface area contributed by atoms with Gasteiger partial charge < -0.3 is 4.74 Å². The largest absolute Gasteiger partial charge is 0.464 e. The van der Waals surface area contributed by atoms with Gasteiger partial charge in [0.25, 0.3) is 0 Å². The van der Waals surface area contributed by atoms with Gasteiger partial charge in [0.15, 0.2) is 0 Å². The van der Waals surface area contributed by atoms with Gasteiger partial charge in [-0.15, -0.1) is 0 Å². The molecule has 1 N–H and O–H groups in total. The Morgan fingerprint density at radius 2 is 2.08 bits per heavy atom. The normalized spacial score (nSPS) is 14.1. The second-order valence-corrected chi connectivity index (χ2v) is 4.28. The molecule has 0 amide bonds. The van der Waals surface area contributed by atoms with Crippen molar-refractivity contribution in [1.29, 1.82) is 0 Å². The number of hydrogen-bond acceptors (Lipinski definition) is 4. The first-order chi connectivity index (χ1) is 5.37. The molecule has 3 nitrogen and oxygen atoms in total. The molecule has 0 radical (unpaired) electrons. The van der Waals surface area contributed by atoms with Crippen molar-refractivity contribution in [2.75, 3.05) is 6.61 Å². The first-order valence-corrected chi connectivity index (χ1v) is 4.38. The van der Waals surface area contributed by atoms with Crippen molar-refractivity contribution in [2.24, 2.45) is 5.41 Å². The fourth-order valence-electron chi connectivity index (χ4n) is 0.465. The monoisotopic (exact) mass is 191 g/mol. The van der Waals surface area contributed by atoms with Crippen molar-refractivity contribution in [1.82, 2.24) is 4.72 Å². The third-order valence-electron chi connectivity index (χ3n) is 1.19. The van der Waals surface area contributed by atoms with Crippen LogP contribution in [0.2, 0.25) is 0 Å². The lowest BCUT2D eigenvalue weighted by atomic mass is 9.99. The van der Waals surface area contributed by atoms with E-state index in [4.69, 9.17) is 4.74 Å². The van der Waals surface area contributed by atoms with Crippen molar-refractivity contribution in [3.05, 3.63) is 0 Å². The number of rotatable bonds is 3. The Hall–Kier alpha value is -0.220. The van der Waals surface area contributed by atoms with Crippen molar-refractivity contribution >= 4 is 18.8 Å². The predicted octanol–water partition coefficient (Wildman–Crippen LogP) is 1.40. The van der Waals surface area contributed by atoms with E-state index >= 15 is 0 Å². The molecule has 0 aromatic heterocycles. The molecule has 12 heavy (non-hydrogen) atoms. The molecule has 0 rings (SSSR count). The zero-order valence-electron chi connectivity index (χ0n) is 8.05. The Balaban J connectivity index is 3.72. The molecule has 0 aromatic carbocycles. The van der Waals surface area contributed by atoms with Crippen LogP contribution >= 0.6 is 12.8 Å². The lowest BCUT2D eigenvalue weighted by Gasteiger charge is -2.19. The van der Waals surface area contributed by atoms with Crippen molar-refractivity contribution < 1.29 is 9.53 Å². The van der Waals surface area contributed by atoms with Crippen LogP contribution < -0.4 is 4.72 Å². The van der Waals surface area contributed by atoms with Gasteiger partial charge in [-0.1, -0.05) is 33.6 Å². The maximum absolute atomic E-state index is 11.1. The third kappa shape index (κ3) is 5.43. The van der Waals surface area contributed by atoms with E-state index in [-0.39, 0.29) is 17.4 Å². The summed E-state index contributed by atoms with van der Waals surface area (Å²) in [5.74, 6) is -0.264. The van der Waals surface area contributed by atoms with Crippen molar-refractivity contribution in [3.63, 3.8) is 0 Å². The van der Waals surface area contributed by atoms with Gasteiger partial charge in [-0.25, -0.2) is 0 Å². The van der Waals surface area contributed by atoms with Gasteiger partial charge in [0.1, 0.15) is 6.04 Å². The number of hydrogen-bond donors (Lipinski definition) is 2. The van der Waals surface area contributed by atoms with E-state index in [1.165, 1.54) is 0 Å². The summed E-state index contributed by atoms with van der Waals surface area (Å²) in [6, 6.07) is -0.351. The highest BCUT2D eigenvalue weighted by molar-refractivity contribution is 7.78. The highest BCUT2D eigenvalue weighted by atomic mass is 32.1. The summed E-state index contributed by atoms with van der Waals surface area (Å²) < 4.78 is 7.53. The average Bonchev–Trinajstić information content (AvgIpc) is 1.97. The van der Waals surface area contributed by atoms with Gasteiger partial charge in [0, 0.05) is 0 Å². The minimum Gasteiger partial charge on any atom is -0.464 e. The van der Waals surface area contributed by atoms with Crippen LogP contribution in [0, 0.1) is 5.41 Å². The molecule has 4 heteroatoms. The smallest absolute Gasteiger partial charge is 0.323 e. The highest BCUT2D eigenvalue weighted by Gasteiger charge is 2.17. The zero-order chi connectivity index (χ0) is 9.78. The van der Waals surface area contributed by atoms with Crippen LogP contribution in [0.5, 0.6) is 0 Å². The molecule has 1 unspecified atom stereocenters. The summed E-state index contributed by atoms with van der Waals surface area (Å²) in [6.45, 7) is 8.18. The average molecular weight is 191 g/mol. The lowest BCUT2D eigenvalue weighted by molar-refractivity contribution is -0.147. The van der Waals surface area contributed by atoms with E-state index < -0.39 is 0 Å². The summed E-state index contributed by atoms with van der Waals surface area (Å²) in [4.78, 5) is 11.1. The minimum absolute atomic E-state index is 0.0198. The first-order valence-electron chi connectivity index (χ1n) is 3.93. The standard InChI is InChI=1S/C8H17NO2S/c1-6(9-12)7(10)11-5-8(2,3)4/h6,9,12H,5H2,1-4H3. The quantitative estimate of drug-likeness (QED) is 0.523. The molecule has 0 bridgehead atoms.